The Balaban J connectivity index is 1.47. The van der Waals surface area contributed by atoms with Crippen molar-refractivity contribution in [2.75, 3.05) is 0 Å². The Hall–Kier alpha value is -3.15. The van der Waals surface area contributed by atoms with Crippen LogP contribution in [0.4, 0.5) is 0 Å². The van der Waals surface area contributed by atoms with Gasteiger partial charge in [0, 0.05) is 0 Å². The van der Waals surface area contributed by atoms with E-state index in [2.05, 4.69) is 154 Å². The topological polar surface area (TPSA) is 36.9 Å². The van der Waals surface area contributed by atoms with E-state index in [0.29, 0.717) is 0 Å². The molecule has 0 spiro atoms. The normalized spacial score (nSPS) is 20.6. The lowest BCUT2D eigenvalue weighted by Gasteiger charge is -2.35. The molecule has 7 rings (SSSR count). The first-order valence-electron chi connectivity index (χ1n) is 18.8. The summed E-state index contributed by atoms with van der Waals surface area (Å²) in [6.45, 7) is 21.4. The summed E-state index contributed by atoms with van der Waals surface area (Å²) in [6, 6.07) is 32.1. The Kier molecular flexibility index (Phi) is 8.82. The number of fused-ring (bicyclic) bond motifs is 3. The Labute approximate surface area is 301 Å². The van der Waals surface area contributed by atoms with Crippen LogP contribution < -0.4 is 10.9 Å². The molecule has 0 bridgehead atoms. The molecule has 0 aromatic heterocycles. The van der Waals surface area contributed by atoms with Gasteiger partial charge in [-0.25, -0.2) is 0 Å². The molecule has 4 aromatic carbocycles. The van der Waals surface area contributed by atoms with Gasteiger partial charge in [-0.3, -0.25) is 0 Å². The summed E-state index contributed by atoms with van der Waals surface area (Å²) in [5.74, 6) is 0. The summed E-state index contributed by atoms with van der Waals surface area (Å²) in [4.78, 5) is 0. The van der Waals surface area contributed by atoms with Crippen molar-refractivity contribution in [1.29, 1.82) is 0 Å². The molecule has 260 valence electrons. The zero-order valence-electron chi connectivity index (χ0n) is 31.9. The van der Waals surface area contributed by atoms with Crippen LogP contribution >= 0.6 is 0 Å². The molecule has 0 amide bonds. The first kappa shape index (κ1) is 35.3. The minimum Gasteiger partial charge on any atom is -0.399 e. The summed E-state index contributed by atoms with van der Waals surface area (Å²) >= 11 is 0. The molecule has 2 fully saturated rings. The first-order chi connectivity index (χ1) is 23.6. The second-order valence-electron chi connectivity index (χ2n) is 16.9. The number of unbranched alkanes of at least 4 members (excludes halogenated alkanes) is 3. The molecule has 2 saturated heterocycles. The van der Waals surface area contributed by atoms with Gasteiger partial charge in [-0.1, -0.05) is 117 Å². The van der Waals surface area contributed by atoms with Crippen LogP contribution in [0.3, 0.4) is 0 Å². The molecule has 1 aliphatic carbocycles. The fraction of sp³-hybridized carbons (Fsp3) is 0.455. The predicted octanol–water partition coefficient (Wildman–Crippen LogP) is 9.08. The van der Waals surface area contributed by atoms with E-state index in [1.807, 2.05) is 0 Å². The highest BCUT2D eigenvalue weighted by atomic mass is 16.7. The van der Waals surface area contributed by atoms with E-state index in [4.69, 9.17) is 18.6 Å². The zero-order chi connectivity index (χ0) is 35.7. The number of benzene rings is 4. The molecule has 0 N–H and O–H groups in total. The van der Waals surface area contributed by atoms with Gasteiger partial charge >= 0.3 is 14.2 Å². The number of hydrogen-bond donors (Lipinski definition) is 0. The van der Waals surface area contributed by atoms with Crippen molar-refractivity contribution in [3.05, 3.63) is 118 Å². The monoisotopic (exact) mass is 668 g/mol. The second kappa shape index (κ2) is 12.5. The fourth-order valence-electron chi connectivity index (χ4n) is 7.99. The maximum Gasteiger partial charge on any atom is 0.494 e. The smallest absolute Gasteiger partial charge is 0.399 e. The van der Waals surface area contributed by atoms with Gasteiger partial charge in [0.15, 0.2) is 0 Å². The number of hydrogen-bond acceptors (Lipinski definition) is 4. The van der Waals surface area contributed by atoms with Gasteiger partial charge in [0.25, 0.3) is 0 Å². The van der Waals surface area contributed by atoms with Gasteiger partial charge in [-0.15, -0.1) is 0 Å². The van der Waals surface area contributed by atoms with E-state index in [1.54, 1.807) is 0 Å². The van der Waals surface area contributed by atoms with Crippen LogP contribution in [0.15, 0.2) is 84.9 Å². The van der Waals surface area contributed by atoms with Gasteiger partial charge in [-0.05, 0) is 125 Å². The van der Waals surface area contributed by atoms with Crippen LogP contribution in [0.1, 0.15) is 121 Å². The van der Waals surface area contributed by atoms with Crippen LogP contribution in [-0.4, -0.2) is 36.6 Å². The van der Waals surface area contributed by atoms with E-state index >= 15 is 0 Å². The minimum atomic E-state index is -0.588. The van der Waals surface area contributed by atoms with E-state index in [-0.39, 0.29) is 0 Å². The maximum absolute atomic E-state index is 6.64. The van der Waals surface area contributed by atoms with Crippen LogP contribution in [-0.2, 0) is 30.5 Å². The first-order valence-corrected chi connectivity index (χ1v) is 18.8. The molecule has 4 aromatic rings. The van der Waals surface area contributed by atoms with E-state index in [9.17, 15) is 0 Å². The molecule has 2 aliphatic heterocycles. The highest BCUT2D eigenvalue weighted by Crippen LogP contribution is 2.56. The van der Waals surface area contributed by atoms with Crippen molar-refractivity contribution in [1.82, 2.24) is 0 Å². The highest BCUT2D eigenvalue weighted by Gasteiger charge is 2.55. The molecule has 4 nitrogen and oxygen atoms in total. The molecule has 6 heteroatoms. The minimum absolute atomic E-state index is 0.433. The van der Waals surface area contributed by atoms with E-state index in [0.717, 1.165) is 17.3 Å². The average molecular weight is 669 g/mol. The van der Waals surface area contributed by atoms with Crippen molar-refractivity contribution in [3.63, 3.8) is 0 Å². The van der Waals surface area contributed by atoms with Crippen LogP contribution in [0.5, 0.6) is 0 Å². The quantitative estimate of drug-likeness (QED) is 0.116. The van der Waals surface area contributed by atoms with Crippen molar-refractivity contribution in [2.45, 2.75) is 129 Å². The molecule has 50 heavy (non-hydrogen) atoms. The Bertz CT molecular complexity index is 1790. The molecule has 0 saturated carbocycles. The maximum atomic E-state index is 6.64. The van der Waals surface area contributed by atoms with Gasteiger partial charge in [-0.2, -0.15) is 0 Å². The summed E-state index contributed by atoms with van der Waals surface area (Å²) in [5, 5.41) is 0. The predicted molar refractivity (Wildman–Crippen MR) is 208 cm³/mol. The molecule has 0 atom stereocenters. The second-order valence-corrected chi connectivity index (χ2v) is 16.9. The summed E-state index contributed by atoms with van der Waals surface area (Å²) in [7, 11) is -0.927. The highest BCUT2D eigenvalue weighted by molar-refractivity contribution is 6.62. The third kappa shape index (κ3) is 5.71. The zero-order valence-corrected chi connectivity index (χ0v) is 31.9. The van der Waals surface area contributed by atoms with Crippen molar-refractivity contribution in [2.24, 2.45) is 0 Å². The number of aryl methyl sites for hydroxylation is 2. The third-order valence-electron chi connectivity index (χ3n) is 12.4. The lowest BCUT2D eigenvalue weighted by Crippen LogP contribution is -2.41. The van der Waals surface area contributed by atoms with Gasteiger partial charge in [0.1, 0.15) is 0 Å². The Morgan fingerprint density at radius 2 is 1.00 bits per heavy atom. The lowest BCUT2D eigenvalue weighted by atomic mass is 9.64. The summed E-state index contributed by atoms with van der Waals surface area (Å²) < 4.78 is 26.6. The molecular weight excluding hydrogens is 614 g/mol. The third-order valence-corrected chi connectivity index (χ3v) is 12.4. The standard InChI is InChI=1S/C44H54B2O4/c1-11-12-13-14-18-31-19-16-21-33(27-31)44(32-20-15-17-30(2)26-32)38-28-34(45-47-40(3,4)41(5,6)48-45)22-24-36(38)37-25-23-35(29-39(37)44)46-49-42(7,8)43(9,10)50-46/h15-17,19-29H,11-14,18H2,1-10H3. The van der Waals surface area contributed by atoms with Gasteiger partial charge in [0.05, 0.1) is 27.8 Å². The van der Waals surface area contributed by atoms with Crippen LogP contribution in [0.2, 0.25) is 0 Å². The van der Waals surface area contributed by atoms with E-state index in [1.165, 1.54) is 70.2 Å². The Morgan fingerprint density at radius 3 is 1.48 bits per heavy atom. The summed E-state index contributed by atoms with van der Waals surface area (Å²) in [5.41, 5.74) is 9.85. The Morgan fingerprint density at radius 1 is 0.520 bits per heavy atom. The van der Waals surface area contributed by atoms with Crippen LogP contribution in [0, 0.1) is 6.92 Å². The molecular formula is C44H54B2O4. The largest absolute Gasteiger partial charge is 0.494 e. The molecule has 2 heterocycles. The lowest BCUT2D eigenvalue weighted by molar-refractivity contribution is 0.00578. The van der Waals surface area contributed by atoms with Gasteiger partial charge < -0.3 is 18.6 Å². The summed E-state index contributed by atoms with van der Waals surface area (Å²) in [6.07, 6.45) is 6.03. The molecule has 0 unspecified atom stereocenters. The number of rotatable bonds is 9. The average Bonchev–Trinajstić information content (AvgIpc) is 3.57. The molecule has 3 aliphatic rings. The van der Waals surface area contributed by atoms with Crippen molar-refractivity contribution < 1.29 is 18.6 Å². The van der Waals surface area contributed by atoms with Crippen LogP contribution in [0.25, 0.3) is 11.1 Å². The SMILES string of the molecule is CCCCCCc1cccc(C2(c3cccc(C)c3)c3cc(B4OC(C)(C)C(C)(C)O4)ccc3-c3ccc(B4OC(C)(C)C(C)(C)O4)cc32)c1. The van der Waals surface area contributed by atoms with E-state index < -0.39 is 42.1 Å². The fourth-order valence-corrected chi connectivity index (χ4v) is 7.99. The molecule has 0 radical (unpaired) electrons. The van der Waals surface area contributed by atoms with Crippen molar-refractivity contribution >= 4 is 25.2 Å². The van der Waals surface area contributed by atoms with Crippen molar-refractivity contribution in [3.8, 4) is 11.1 Å². The van der Waals surface area contributed by atoms with Gasteiger partial charge in [0.2, 0.25) is 0 Å².